The number of halogens is 1. The Balaban J connectivity index is 1.91. The van der Waals surface area contributed by atoms with Crippen molar-refractivity contribution in [3.8, 4) is 0 Å². The van der Waals surface area contributed by atoms with Crippen molar-refractivity contribution in [1.29, 1.82) is 0 Å². The van der Waals surface area contributed by atoms with Crippen LogP contribution < -0.4 is 5.43 Å². The lowest BCUT2D eigenvalue weighted by Crippen LogP contribution is -1.96. The molecule has 0 fully saturated rings. The predicted molar refractivity (Wildman–Crippen MR) is 84.5 cm³/mol. The monoisotopic (exact) mass is 300 g/mol. The molecule has 0 amide bonds. The topological polar surface area (TPSA) is 50.2 Å². The SMILES string of the molecule is Cc1sc2ncnc(N/N=C/c3ccccc3F)c2c1C. The van der Waals surface area contributed by atoms with Gasteiger partial charge in [0.25, 0.3) is 0 Å². The smallest absolute Gasteiger partial charge is 0.158 e. The quantitative estimate of drug-likeness (QED) is 0.589. The number of hydrogen-bond acceptors (Lipinski definition) is 5. The van der Waals surface area contributed by atoms with E-state index in [-0.39, 0.29) is 5.82 Å². The molecule has 0 spiro atoms. The van der Waals surface area contributed by atoms with Crippen LogP contribution in [0.5, 0.6) is 0 Å². The summed E-state index contributed by atoms with van der Waals surface area (Å²) < 4.78 is 13.5. The van der Waals surface area contributed by atoms with Gasteiger partial charge in [-0.25, -0.2) is 14.4 Å². The molecule has 21 heavy (non-hydrogen) atoms. The first-order valence-electron chi connectivity index (χ1n) is 6.41. The van der Waals surface area contributed by atoms with Crippen molar-refractivity contribution in [3.05, 3.63) is 52.4 Å². The van der Waals surface area contributed by atoms with E-state index in [0.717, 1.165) is 15.8 Å². The molecule has 3 aromatic rings. The molecule has 1 aromatic carbocycles. The van der Waals surface area contributed by atoms with Crippen LogP contribution in [0.3, 0.4) is 0 Å². The number of thiophene rings is 1. The van der Waals surface area contributed by atoms with E-state index < -0.39 is 0 Å². The van der Waals surface area contributed by atoms with E-state index in [4.69, 9.17) is 0 Å². The van der Waals surface area contributed by atoms with Gasteiger partial charge in [0.1, 0.15) is 17.0 Å². The van der Waals surface area contributed by atoms with E-state index in [9.17, 15) is 4.39 Å². The average molecular weight is 300 g/mol. The van der Waals surface area contributed by atoms with Crippen molar-refractivity contribution in [2.75, 3.05) is 5.43 Å². The maximum Gasteiger partial charge on any atom is 0.158 e. The largest absolute Gasteiger partial charge is 0.261 e. The summed E-state index contributed by atoms with van der Waals surface area (Å²) in [5, 5.41) is 5.04. The lowest BCUT2D eigenvalue weighted by molar-refractivity contribution is 0.626. The number of fused-ring (bicyclic) bond motifs is 1. The first-order chi connectivity index (χ1) is 10.2. The number of nitrogens with zero attached hydrogens (tertiary/aromatic N) is 3. The molecule has 0 saturated heterocycles. The van der Waals surface area contributed by atoms with Crippen LogP contribution in [0, 0.1) is 19.7 Å². The van der Waals surface area contributed by atoms with Crippen LogP contribution in [0.15, 0.2) is 35.7 Å². The Morgan fingerprint density at radius 3 is 2.86 bits per heavy atom. The summed E-state index contributed by atoms with van der Waals surface area (Å²) in [5.74, 6) is 0.327. The number of rotatable bonds is 3. The zero-order valence-corrected chi connectivity index (χ0v) is 12.4. The number of aryl methyl sites for hydroxylation is 2. The van der Waals surface area contributed by atoms with Gasteiger partial charge in [-0.2, -0.15) is 5.10 Å². The van der Waals surface area contributed by atoms with Crippen molar-refractivity contribution in [1.82, 2.24) is 9.97 Å². The highest BCUT2D eigenvalue weighted by atomic mass is 32.1. The van der Waals surface area contributed by atoms with Gasteiger partial charge in [0, 0.05) is 10.4 Å². The van der Waals surface area contributed by atoms with Crippen molar-refractivity contribution in [2.24, 2.45) is 5.10 Å². The third-order valence-corrected chi connectivity index (χ3v) is 4.36. The molecule has 0 aliphatic carbocycles. The number of benzene rings is 1. The normalized spacial score (nSPS) is 11.4. The number of hydrogen-bond donors (Lipinski definition) is 1. The van der Waals surface area contributed by atoms with Gasteiger partial charge in [0.15, 0.2) is 5.82 Å². The summed E-state index contributed by atoms with van der Waals surface area (Å²) >= 11 is 1.62. The molecule has 3 rings (SSSR count). The Hall–Kier alpha value is -2.34. The molecule has 0 saturated carbocycles. The fraction of sp³-hybridized carbons (Fsp3) is 0.133. The van der Waals surface area contributed by atoms with Crippen molar-refractivity contribution in [3.63, 3.8) is 0 Å². The second kappa shape index (κ2) is 5.57. The van der Waals surface area contributed by atoms with Gasteiger partial charge < -0.3 is 0 Å². The molecule has 2 heterocycles. The fourth-order valence-electron chi connectivity index (χ4n) is 2.01. The molecule has 0 atom stereocenters. The Kier molecular flexibility index (Phi) is 3.62. The van der Waals surface area contributed by atoms with Crippen LogP contribution in [-0.2, 0) is 0 Å². The Morgan fingerprint density at radius 1 is 1.24 bits per heavy atom. The number of aromatic nitrogens is 2. The molecule has 4 nitrogen and oxygen atoms in total. The van der Waals surface area contributed by atoms with E-state index >= 15 is 0 Å². The molecule has 0 aliphatic rings. The minimum Gasteiger partial charge on any atom is -0.261 e. The molecular formula is C15H13FN4S. The predicted octanol–water partition coefficient (Wildman–Crippen LogP) is 3.89. The molecule has 2 aromatic heterocycles. The zero-order valence-electron chi connectivity index (χ0n) is 11.6. The van der Waals surface area contributed by atoms with E-state index in [1.54, 1.807) is 29.5 Å². The van der Waals surface area contributed by atoms with Gasteiger partial charge in [-0.3, -0.25) is 5.43 Å². The lowest BCUT2D eigenvalue weighted by Gasteiger charge is -2.02. The molecule has 6 heteroatoms. The van der Waals surface area contributed by atoms with E-state index in [1.807, 2.05) is 13.8 Å². The Labute approximate surface area is 125 Å². The highest BCUT2D eigenvalue weighted by Crippen LogP contribution is 2.32. The van der Waals surface area contributed by atoms with Crippen LogP contribution in [0.1, 0.15) is 16.0 Å². The minimum absolute atomic E-state index is 0.307. The number of hydrazone groups is 1. The van der Waals surface area contributed by atoms with Gasteiger partial charge in [-0.1, -0.05) is 18.2 Å². The van der Waals surface area contributed by atoms with Gasteiger partial charge in [-0.15, -0.1) is 11.3 Å². The standard InChI is InChI=1S/C15H13FN4S/c1-9-10(2)21-15-13(9)14(17-8-18-15)20-19-7-11-5-3-4-6-12(11)16/h3-8H,1-2H3,(H,17,18,20)/b19-7+. The summed E-state index contributed by atoms with van der Waals surface area (Å²) in [6.45, 7) is 4.08. The fourth-order valence-corrected chi connectivity index (χ4v) is 3.01. The van der Waals surface area contributed by atoms with Crippen molar-refractivity contribution in [2.45, 2.75) is 13.8 Å². The molecular weight excluding hydrogens is 287 g/mol. The maximum atomic E-state index is 13.5. The Morgan fingerprint density at radius 2 is 2.05 bits per heavy atom. The third kappa shape index (κ3) is 2.62. The third-order valence-electron chi connectivity index (χ3n) is 3.24. The highest BCUT2D eigenvalue weighted by molar-refractivity contribution is 7.18. The maximum absolute atomic E-state index is 13.5. The first kappa shape index (κ1) is 13.6. The number of nitrogens with one attached hydrogen (secondary N) is 1. The van der Waals surface area contributed by atoms with Crippen LogP contribution in [-0.4, -0.2) is 16.2 Å². The molecule has 106 valence electrons. The second-order valence-corrected chi connectivity index (χ2v) is 5.78. The summed E-state index contributed by atoms with van der Waals surface area (Å²) in [4.78, 5) is 10.6. The van der Waals surface area contributed by atoms with Crippen LogP contribution in [0.25, 0.3) is 10.2 Å². The summed E-state index contributed by atoms with van der Waals surface area (Å²) in [7, 11) is 0. The molecule has 0 unspecified atom stereocenters. The molecule has 0 aliphatic heterocycles. The minimum atomic E-state index is -0.307. The molecule has 0 bridgehead atoms. The van der Waals surface area contributed by atoms with Gasteiger partial charge in [0.2, 0.25) is 0 Å². The number of anilines is 1. The van der Waals surface area contributed by atoms with Crippen molar-refractivity contribution >= 4 is 33.6 Å². The van der Waals surface area contributed by atoms with E-state index in [0.29, 0.717) is 11.4 Å². The molecule has 1 N–H and O–H groups in total. The van der Waals surface area contributed by atoms with Gasteiger partial charge in [-0.05, 0) is 25.5 Å². The molecule has 0 radical (unpaired) electrons. The average Bonchev–Trinajstić information content (AvgIpc) is 2.77. The summed E-state index contributed by atoms with van der Waals surface area (Å²) in [6.07, 6.45) is 2.94. The van der Waals surface area contributed by atoms with Crippen molar-refractivity contribution < 1.29 is 4.39 Å². The van der Waals surface area contributed by atoms with Crippen LogP contribution in [0.2, 0.25) is 0 Å². The highest BCUT2D eigenvalue weighted by Gasteiger charge is 2.11. The zero-order chi connectivity index (χ0) is 14.8. The van der Waals surface area contributed by atoms with E-state index in [1.165, 1.54) is 23.5 Å². The van der Waals surface area contributed by atoms with E-state index in [2.05, 4.69) is 20.5 Å². The lowest BCUT2D eigenvalue weighted by atomic mass is 10.2. The van der Waals surface area contributed by atoms with Gasteiger partial charge >= 0.3 is 0 Å². The van der Waals surface area contributed by atoms with Crippen LogP contribution in [0.4, 0.5) is 10.2 Å². The van der Waals surface area contributed by atoms with Crippen LogP contribution >= 0.6 is 11.3 Å². The van der Waals surface area contributed by atoms with Gasteiger partial charge in [0.05, 0.1) is 11.6 Å². The summed E-state index contributed by atoms with van der Waals surface area (Å²) in [5.41, 5.74) is 4.44. The first-order valence-corrected chi connectivity index (χ1v) is 7.23. The second-order valence-electron chi connectivity index (χ2n) is 4.58. The Bertz CT molecular complexity index is 826. The summed E-state index contributed by atoms with van der Waals surface area (Å²) in [6, 6.07) is 6.47.